The Morgan fingerprint density at radius 1 is 1.24 bits per heavy atom. The summed E-state index contributed by atoms with van der Waals surface area (Å²) < 4.78 is 5.33. The lowest BCUT2D eigenvalue weighted by Gasteiger charge is -2.28. The van der Waals surface area contributed by atoms with Gasteiger partial charge in [-0.1, -0.05) is 0 Å². The van der Waals surface area contributed by atoms with Gasteiger partial charge in [0.05, 0.1) is 0 Å². The molecule has 0 aromatic heterocycles. The SMILES string of the molecule is C[C@H](CCN(CCCCO)C(=O)OC(C)(C)C)NC(=O)O. The number of carboxylic acid groups (broad SMARTS) is 1. The van der Waals surface area contributed by atoms with E-state index in [-0.39, 0.29) is 12.6 Å². The van der Waals surface area contributed by atoms with Crippen molar-refractivity contribution in [1.29, 1.82) is 0 Å². The van der Waals surface area contributed by atoms with Crippen molar-refractivity contribution in [1.82, 2.24) is 10.2 Å². The maximum atomic E-state index is 12.1. The van der Waals surface area contributed by atoms with Crippen LogP contribution >= 0.6 is 0 Å². The Kier molecular flexibility index (Phi) is 8.76. The van der Waals surface area contributed by atoms with E-state index in [0.29, 0.717) is 32.4 Å². The Morgan fingerprint density at radius 3 is 2.33 bits per heavy atom. The largest absolute Gasteiger partial charge is 0.465 e. The molecule has 2 amide bonds. The molecule has 3 N–H and O–H groups in total. The number of aliphatic hydroxyl groups is 1. The quantitative estimate of drug-likeness (QED) is 0.596. The highest BCUT2D eigenvalue weighted by Crippen LogP contribution is 2.11. The Balaban J connectivity index is 4.44. The van der Waals surface area contributed by atoms with Gasteiger partial charge in [-0.25, -0.2) is 9.59 Å². The molecule has 1 atom stereocenters. The van der Waals surface area contributed by atoms with Crippen molar-refractivity contribution in [2.24, 2.45) is 0 Å². The molecule has 0 aromatic carbocycles. The first kappa shape index (κ1) is 19.5. The number of carbonyl (C=O) groups is 2. The minimum absolute atomic E-state index is 0.0825. The van der Waals surface area contributed by atoms with E-state index in [0.717, 1.165) is 0 Å². The number of hydrogen-bond acceptors (Lipinski definition) is 4. The topological polar surface area (TPSA) is 99.1 Å². The number of amides is 2. The molecule has 7 heteroatoms. The lowest BCUT2D eigenvalue weighted by atomic mass is 10.2. The van der Waals surface area contributed by atoms with Gasteiger partial charge >= 0.3 is 12.2 Å². The Labute approximate surface area is 126 Å². The first-order valence-electron chi connectivity index (χ1n) is 7.24. The van der Waals surface area contributed by atoms with Crippen molar-refractivity contribution in [3.05, 3.63) is 0 Å². The number of ether oxygens (including phenoxy) is 1. The van der Waals surface area contributed by atoms with E-state index in [1.807, 2.05) is 0 Å². The first-order valence-corrected chi connectivity index (χ1v) is 7.24. The second kappa shape index (κ2) is 9.44. The molecule has 7 nitrogen and oxygen atoms in total. The molecule has 0 heterocycles. The van der Waals surface area contributed by atoms with Gasteiger partial charge < -0.3 is 25.2 Å². The van der Waals surface area contributed by atoms with Gasteiger partial charge in [0.15, 0.2) is 0 Å². The summed E-state index contributed by atoms with van der Waals surface area (Å²) in [4.78, 5) is 24.2. The maximum Gasteiger partial charge on any atom is 0.410 e. The van der Waals surface area contributed by atoms with Gasteiger partial charge in [0.25, 0.3) is 0 Å². The highest BCUT2D eigenvalue weighted by Gasteiger charge is 2.22. The Hall–Kier alpha value is -1.50. The van der Waals surface area contributed by atoms with Crippen LogP contribution in [-0.2, 0) is 4.74 Å². The van der Waals surface area contributed by atoms with Crippen molar-refractivity contribution in [3.8, 4) is 0 Å². The van der Waals surface area contributed by atoms with Crippen LogP contribution in [0.2, 0.25) is 0 Å². The number of hydrogen-bond donors (Lipinski definition) is 3. The van der Waals surface area contributed by atoms with Crippen molar-refractivity contribution in [2.75, 3.05) is 19.7 Å². The standard InChI is InChI=1S/C14H28N2O5/c1-11(15-12(18)19)7-9-16(8-5-6-10-17)13(20)21-14(2,3)4/h11,15,17H,5-10H2,1-4H3,(H,18,19)/t11-/m1/s1. The molecule has 0 unspecified atom stereocenters. The van der Waals surface area contributed by atoms with Crippen LogP contribution in [0.1, 0.15) is 47.0 Å². The van der Waals surface area contributed by atoms with Crippen LogP contribution in [0.5, 0.6) is 0 Å². The number of rotatable bonds is 8. The Morgan fingerprint density at radius 2 is 1.86 bits per heavy atom. The summed E-state index contributed by atoms with van der Waals surface area (Å²) in [7, 11) is 0. The van der Waals surface area contributed by atoms with Gasteiger partial charge in [0.2, 0.25) is 0 Å². The molecule has 21 heavy (non-hydrogen) atoms. The van der Waals surface area contributed by atoms with Crippen LogP contribution < -0.4 is 5.32 Å². The van der Waals surface area contributed by atoms with Gasteiger partial charge in [-0.15, -0.1) is 0 Å². The average Bonchev–Trinajstić information content (AvgIpc) is 2.30. The third kappa shape index (κ3) is 10.9. The molecule has 0 radical (unpaired) electrons. The van der Waals surface area contributed by atoms with Gasteiger partial charge in [-0.2, -0.15) is 0 Å². The molecule has 0 spiro atoms. The second-order valence-corrected chi connectivity index (χ2v) is 6.04. The van der Waals surface area contributed by atoms with Crippen LogP contribution in [0.4, 0.5) is 9.59 Å². The molecule has 0 saturated heterocycles. The van der Waals surface area contributed by atoms with Crippen molar-refractivity contribution < 1.29 is 24.5 Å². The average molecular weight is 304 g/mol. The first-order chi connectivity index (χ1) is 9.65. The number of carbonyl (C=O) groups excluding carboxylic acids is 1. The van der Waals surface area contributed by atoms with E-state index in [1.165, 1.54) is 0 Å². The molecule has 0 saturated carbocycles. The van der Waals surface area contributed by atoms with E-state index in [9.17, 15) is 9.59 Å². The lowest BCUT2D eigenvalue weighted by Crippen LogP contribution is -2.40. The van der Waals surface area contributed by atoms with E-state index in [1.54, 1.807) is 32.6 Å². The predicted octanol–water partition coefficient (Wildman–Crippen LogP) is 2.04. The number of nitrogens with zero attached hydrogens (tertiary/aromatic N) is 1. The minimum atomic E-state index is -1.08. The fraction of sp³-hybridized carbons (Fsp3) is 0.857. The third-order valence-electron chi connectivity index (χ3n) is 2.69. The molecule has 0 rings (SSSR count). The van der Waals surface area contributed by atoms with Gasteiger partial charge in [0.1, 0.15) is 5.60 Å². The monoisotopic (exact) mass is 304 g/mol. The molecular formula is C14H28N2O5. The van der Waals surface area contributed by atoms with Gasteiger partial charge in [0, 0.05) is 25.7 Å². The van der Waals surface area contributed by atoms with Gasteiger partial charge in [-0.3, -0.25) is 0 Å². The molecule has 0 aliphatic heterocycles. The number of aliphatic hydroxyl groups excluding tert-OH is 1. The fourth-order valence-corrected chi connectivity index (χ4v) is 1.67. The minimum Gasteiger partial charge on any atom is -0.465 e. The smallest absolute Gasteiger partial charge is 0.410 e. The third-order valence-corrected chi connectivity index (χ3v) is 2.69. The fourth-order valence-electron chi connectivity index (χ4n) is 1.67. The molecule has 0 aliphatic carbocycles. The number of unbranched alkanes of at least 4 members (excludes halogenated alkanes) is 1. The van der Waals surface area contributed by atoms with Crippen molar-refractivity contribution >= 4 is 12.2 Å². The molecule has 124 valence electrons. The van der Waals surface area contributed by atoms with Crippen LogP contribution in [0.3, 0.4) is 0 Å². The highest BCUT2D eigenvalue weighted by molar-refractivity contribution is 5.68. The maximum absolute atomic E-state index is 12.1. The van der Waals surface area contributed by atoms with E-state index < -0.39 is 17.8 Å². The van der Waals surface area contributed by atoms with Crippen LogP contribution in [0.25, 0.3) is 0 Å². The summed E-state index contributed by atoms with van der Waals surface area (Å²) in [6, 6.07) is -0.245. The molecule has 0 aliphatic rings. The van der Waals surface area contributed by atoms with Crippen LogP contribution in [-0.4, -0.2) is 58.6 Å². The summed E-state index contributed by atoms with van der Waals surface area (Å²) in [5, 5.41) is 19.8. The Bertz CT molecular complexity index is 328. The van der Waals surface area contributed by atoms with Gasteiger partial charge in [-0.05, 0) is 47.0 Å². The van der Waals surface area contributed by atoms with E-state index in [4.69, 9.17) is 14.9 Å². The van der Waals surface area contributed by atoms with Crippen molar-refractivity contribution in [3.63, 3.8) is 0 Å². The normalized spacial score (nSPS) is 12.6. The summed E-state index contributed by atoms with van der Waals surface area (Å²) in [5.41, 5.74) is -0.572. The zero-order valence-electron chi connectivity index (χ0n) is 13.4. The van der Waals surface area contributed by atoms with Crippen LogP contribution in [0, 0.1) is 0 Å². The summed E-state index contributed by atoms with van der Waals surface area (Å²) in [6.45, 7) is 8.10. The van der Waals surface area contributed by atoms with E-state index in [2.05, 4.69) is 5.32 Å². The molecular weight excluding hydrogens is 276 g/mol. The summed E-state index contributed by atoms with van der Waals surface area (Å²) >= 11 is 0. The number of nitrogens with one attached hydrogen (secondary N) is 1. The molecule has 0 fully saturated rings. The molecule has 0 bridgehead atoms. The molecule has 0 aromatic rings. The van der Waals surface area contributed by atoms with E-state index >= 15 is 0 Å². The predicted molar refractivity (Wildman–Crippen MR) is 79.4 cm³/mol. The van der Waals surface area contributed by atoms with Crippen molar-refractivity contribution in [2.45, 2.75) is 58.6 Å². The summed E-state index contributed by atoms with van der Waals surface area (Å²) in [5.74, 6) is 0. The zero-order chi connectivity index (χ0) is 16.5. The van der Waals surface area contributed by atoms with Crippen LogP contribution in [0.15, 0.2) is 0 Å². The zero-order valence-corrected chi connectivity index (χ0v) is 13.4. The second-order valence-electron chi connectivity index (χ2n) is 6.04. The highest BCUT2D eigenvalue weighted by atomic mass is 16.6. The lowest BCUT2D eigenvalue weighted by molar-refractivity contribution is 0.0239. The summed E-state index contributed by atoms with van der Waals surface area (Å²) in [6.07, 6.45) is 0.304.